The Balaban J connectivity index is 2.08. The number of sulfonamides is 1. The Labute approximate surface area is 128 Å². The number of benzene rings is 1. The highest BCUT2D eigenvalue weighted by Gasteiger charge is 2.06. The largest absolute Gasteiger partial charge is 0.481 e. The lowest BCUT2D eigenvalue weighted by Gasteiger charge is -2.04. The number of ether oxygens (including phenoxy) is 1. The van der Waals surface area contributed by atoms with E-state index in [1.807, 2.05) is 0 Å². The smallest absolute Gasteiger partial charge is 0.255 e. The third kappa shape index (κ3) is 4.77. The summed E-state index contributed by atoms with van der Waals surface area (Å²) >= 11 is 5.76. The molecule has 110 valence electrons. The maximum absolute atomic E-state index is 11.9. The summed E-state index contributed by atoms with van der Waals surface area (Å²) in [6.45, 7) is 0. The van der Waals surface area contributed by atoms with Gasteiger partial charge in [-0.2, -0.15) is 0 Å². The van der Waals surface area contributed by atoms with Crippen LogP contribution in [0.2, 0.25) is 5.02 Å². The number of nitrogens with zero attached hydrogens (tertiary/aromatic N) is 1. The quantitative estimate of drug-likeness (QED) is 0.917. The first-order chi connectivity index (χ1) is 9.98. The minimum atomic E-state index is -3.61. The Kier molecular flexibility index (Phi) is 4.82. The van der Waals surface area contributed by atoms with Crippen LogP contribution in [0.3, 0.4) is 0 Å². The fourth-order valence-electron chi connectivity index (χ4n) is 1.50. The summed E-state index contributed by atoms with van der Waals surface area (Å²) in [5, 5.41) is 1.68. The van der Waals surface area contributed by atoms with Gasteiger partial charge in [-0.3, -0.25) is 4.72 Å². The molecule has 21 heavy (non-hydrogen) atoms. The molecule has 0 fully saturated rings. The average molecular weight is 325 g/mol. The van der Waals surface area contributed by atoms with Gasteiger partial charge in [0.2, 0.25) is 5.88 Å². The van der Waals surface area contributed by atoms with Crippen molar-refractivity contribution in [3.63, 3.8) is 0 Å². The molecule has 2 rings (SSSR count). The summed E-state index contributed by atoms with van der Waals surface area (Å²) in [5.41, 5.74) is 1.09. The molecule has 1 aromatic carbocycles. The zero-order valence-electron chi connectivity index (χ0n) is 11.2. The Morgan fingerprint density at radius 3 is 2.48 bits per heavy atom. The van der Waals surface area contributed by atoms with Crippen molar-refractivity contribution in [2.75, 3.05) is 11.8 Å². The molecule has 1 N–H and O–H groups in total. The van der Waals surface area contributed by atoms with E-state index in [-0.39, 0.29) is 0 Å². The molecule has 0 aliphatic heterocycles. The van der Waals surface area contributed by atoms with Crippen molar-refractivity contribution >= 4 is 33.4 Å². The number of halogens is 1. The lowest BCUT2D eigenvalue weighted by Crippen LogP contribution is -2.09. The van der Waals surface area contributed by atoms with E-state index in [2.05, 4.69) is 9.71 Å². The first-order valence-corrected chi connectivity index (χ1v) is 7.87. The maximum atomic E-state index is 11.9. The number of aromatic nitrogens is 1. The van der Waals surface area contributed by atoms with Crippen LogP contribution >= 0.6 is 11.6 Å². The van der Waals surface area contributed by atoms with Crippen molar-refractivity contribution in [3.05, 3.63) is 58.6 Å². The molecule has 0 atom stereocenters. The van der Waals surface area contributed by atoms with Gasteiger partial charge in [0.25, 0.3) is 10.0 Å². The zero-order valence-corrected chi connectivity index (χ0v) is 12.7. The number of hydrogen-bond acceptors (Lipinski definition) is 4. The molecule has 0 saturated heterocycles. The molecule has 0 bridgehead atoms. The second-order valence-corrected chi connectivity index (χ2v) is 6.09. The number of pyridine rings is 1. The minimum Gasteiger partial charge on any atom is -0.481 e. The van der Waals surface area contributed by atoms with Crippen molar-refractivity contribution in [3.8, 4) is 5.88 Å². The predicted molar refractivity (Wildman–Crippen MR) is 83.8 cm³/mol. The van der Waals surface area contributed by atoms with Crippen molar-refractivity contribution in [1.82, 2.24) is 4.98 Å². The molecule has 5 nitrogen and oxygen atoms in total. The predicted octanol–water partition coefficient (Wildman–Crippen LogP) is 3.16. The number of methoxy groups -OCH3 is 1. The van der Waals surface area contributed by atoms with E-state index in [0.717, 1.165) is 11.0 Å². The van der Waals surface area contributed by atoms with Gasteiger partial charge < -0.3 is 4.74 Å². The molecule has 0 unspecified atom stereocenters. The molecule has 0 aliphatic carbocycles. The summed E-state index contributed by atoms with van der Waals surface area (Å²) in [7, 11) is -2.12. The normalized spacial score (nSPS) is 11.5. The molecular formula is C14H13ClN2O3S. The van der Waals surface area contributed by atoms with Crippen LogP contribution in [0.5, 0.6) is 5.88 Å². The maximum Gasteiger partial charge on any atom is 0.255 e. The van der Waals surface area contributed by atoms with E-state index in [4.69, 9.17) is 16.3 Å². The van der Waals surface area contributed by atoms with Crippen molar-refractivity contribution in [2.45, 2.75) is 0 Å². The SMILES string of the molecule is COc1ccc(NS(=O)(=O)/C=C/c2ccc(Cl)cc2)cn1. The van der Waals surface area contributed by atoms with Gasteiger partial charge in [-0.05, 0) is 29.8 Å². The molecule has 0 spiro atoms. The third-order valence-corrected chi connectivity index (χ3v) is 3.78. The van der Waals surface area contributed by atoms with Crippen LogP contribution in [0.15, 0.2) is 48.0 Å². The molecule has 1 heterocycles. The Morgan fingerprint density at radius 2 is 1.90 bits per heavy atom. The first-order valence-electron chi connectivity index (χ1n) is 5.95. The lowest BCUT2D eigenvalue weighted by atomic mass is 10.2. The standard InChI is InChI=1S/C14H13ClN2O3S/c1-20-14-7-6-13(10-16-14)17-21(18,19)9-8-11-2-4-12(15)5-3-11/h2-10,17H,1H3/b9-8+. The van der Waals surface area contributed by atoms with E-state index in [1.54, 1.807) is 36.4 Å². The van der Waals surface area contributed by atoms with Gasteiger partial charge in [-0.15, -0.1) is 0 Å². The molecule has 0 radical (unpaired) electrons. The molecule has 2 aromatic rings. The van der Waals surface area contributed by atoms with E-state index in [9.17, 15) is 8.42 Å². The second-order valence-electron chi connectivity index (χ2n) is 4.09. The van der Waals surface area contributed by atoms with E-state index >= 15 is 0 Å². The van der Waals surface area contributed by atoms with Gasteiger partial charge in [-0.1, -0.05) is 23.7 Å². The van der Waals surface area contributed by atoms with Crippen molar-refractivity contribution in [2.24, 2.45) is 0 Å². The Morgan fingerprint density at radius 1 is 1.19 bits per heavy atom. The number of hydrogen-bond donors (Lipinski definition) is 1. The van der Waals surface area contributed by atoms with Gasteiger partial charge in [0.05, 0.1) is 24.4 Å². The topological polar surface area (TPSA) is 68.3 Å². The molecule has 0 aliphatic rings. The number of rotatable bonds is 5. The summed E-state index contributed by atoms with van der Waals surface area (Å²) in [5.74, 6) is 0.412. The molecular weight excluding hydrogens is 312 g/mol. The molecule has 7 heteroatoms. The Hall–Kier alpha value is -2.05. The van der Waals surface area contributed by atoms with Gasteiger partial charge in [-0.25, -0.2) is 13.4 Å². The van der Waals surface area contributed by atoms with E-state index in [0.29, 0.717) is 16.6 Å². The highest BCUT2D eigenvalue weighted by atomic mass is 35.5. The Bertz CT molecular complexity index is 726. The van der Waals surface area contributed by atoms with Crippen LogP contribution in [-0.4, -0.2) is 20.5 Å². The fourth-order valence-corrected chi connectivity index (χ4v) is 2.48. The van der Waals surface area contributed by atoms with Crippen LogP contribution in [0.1, 0.15) is 5.56 Å². The zero-order chi connectivity index (χ0) is 15.3. The molecule has 1 aromatic heterocycles. The van der Waals surface area contributed by atoms with Gasteiger partial charge >= 0.3 is 0 Å². The first kappa shape index (κ1) is 15.3. The summed E-state index contributed by atoms with van der Waals surface area (Å²) in [6, 6.07) is 9.97. The van der Waals surface area contributed by atoms with E-state index < -0.39 is 10.0 Å². The number of anilines is 1. The van der Waals surface area contributed by atoms with Crippen LogP contribution in [0.25, 0.3) is 6.08 Å². The van der Waals surface area contributed by atoms with Crippen LogP contribution in [-0.2, 0) is 10.0 Å². The van der Waals surface area contributed by atoms with Gasteiger partial charge in [0.15, 0.2) is 0 Å². The second kappa shape index (κ2) is 6.60. The van der Waals surface area contributed by atoms with E-state index in [1.165, 1.54) is 19.4 Å². The highest BCUT2D eigenvalue weighted by Crippen LogP contribution is 2.14. The average Bonchev–Trinajstić information content (AvgIpc) is 2.47. The van der Waals surface area contributed by atoms with Crippen molar-refractivity contribution in [1.29, 1.82) is 0 Å². The third-order valence-electron chi connectivity index (χ3n) is 2.52. The van der Waals surface area contributed by atoms with Crippen LogP contribution in [0, 0.1) is 0 Å². The monoisotopic (exact) mass is 324 g/mol. The summed E-state index contributed by atoms with van der Waals surface area (Å²) < 4.78 is 31.1. The minimum absolute atomic E-state index is 0.358. The molecule has 0 saturated carbocycles. The molecule has 0 amide bonds. The summed E-state index contributed by atoms with van der Waals surface area (Å²) in [4.78, 5) is 3.92. The van der Waals surface area contributed by atoms with Crippen molar-refractivity contribution < 1.29 is 13.2 Å². The van der Waals surface area contributed by atoms with Crippen LogP contribution in [0.4, 0.5) is 5.69 Å². The highest BCUT2D eigenvalue weighted by molar-refractivity contribution is 7.95. The number of nitrogens with one attached hydrogen (secondary N) is 1. The summed E-state index contributed by atoms with van der Waals surface area (Å²) in [6.07, 6.45) is 2.86. The van der Waals surface area contributed by atoms with Crippen LogP contribution < -0.4 is 9.46 Å². The van der Waals surface area contributed by atoms with Gasteiger partial charge in [0.1, 0.15) is 0 Å². The lowest BCUT2D eigenvalue weighted by molar-refractivity contribution is 0.398. The van der Waals surface area contributed by atoms with Gasteiger partial charge in [0, 0.05) is 11.1 Å². The fraction of sp³-hybridized carbons (Fsp3) is 0.0714.